The van der Waals surface area contributed by atoms with Gasteiger partial charge in [-0.2, -0.15) is 0 Å². The number of unbranched alkanes of at least 4 members (excludes halogenated alkanes) is 7. The Morgan fingerprint density at radius 2 is 0.969 bits per heavy atom. The van der Waals surface area contributed by atoms with Crippen LogP contribution in [0.5, 0.6) is 0 Å². The summed E-state index contributed by atoms with van der Waals surface area (Å²) in [4.78, 5) is 0. The summed E-state index contributed by atoms with van der Waals surface area (Å²) in [6.07, 6.45) is 32.5. The Bertz CT molecular complexity index is 385. The monoisotopic (exact) mass is 449 g/mol. The molecule has 0 aromatic heterocycles. The first-order valence-electron chi connectivity index (χ1n) is 15.7. The van der Waals surface area contributed by atoms with Gasteiger partial charge in [0.15, 0.2) is 0 Å². The van der Waals surface area contributed by atoms with Crippen molar-refractivity contribution in [2.45, 2.75) is 176 Å². The Labute approximate surface area is 205 Å². The lowest BCUT2D eigenvalue weighted by Crippen LogP contribution is -2.13. The molecule has 0 aromatic rings. The third-order valence-corrected chi connectivity index (χ3v) is 9.18. The van der Waals surface area contributed by atoms with E-state index in [1.54, 1.807) is 19.3 Å². The molecule has 32 heavy (non-hydrogen) atoms. The van der Waals surface area contributed by atoms with Crippen LogP contribution in [0.3, 0.4) is 0 Å². The summed E-state index contributed by atoms with van der Waals surface area (Å²) >= 11 is 0. The van der Waals surface area contributed by atoms with E-state index in [0.29, 0.717) is 0 Å². The van der Waals surface area contributed by atoms with Crippen LogP contribution in [0.4, 0.5) is 0 Å². The van der Waals surface area contributed by atoms with Crippen LogP contribution in [-0.4, -0.2) is 0 Å². The SMILES string of the molecule is CCCCCC(CC)C(CC)CCCCCC(C)CCCCC1CCCC1CCCCC. The van der Waals surface area contributed by atoms with Crippen LogP contribution in [0.2, 0.25) is 0 Å². The highest BCUT2D eigenvalue weighted by atomic mass is 14.3. The first kappa shape index (κ1) is 30.0. The molecule has 1 aliphatic rings. The van der Waals surface area contributed by atoms with Crippen molar-refractivity contribution in [1.29, 1.82) is 0 Å². The van der Waals surface area contributed by atoms with E-state index in [9.17, 15) is 0 Å². The van der Waals surface area contributed by atoms with E-state index in [1.165, 1.54) is 122 Å². The third kappa shape index (κ3) is 13.6. The van der Waals surface area contributed by atoms with Crippen molar-refractivity contribution in [2.75, 3.05) is 0 Å². The summed E-state index contributed by atoms with van der Waals surface area (Å²) in [5.74, 6) is 5.12. The minimum atomic E-state index is 0.957. The smallest absolute Gasteiger partial charge is 0.0386 e. The first-order chi connectivity index (χ1) is 15.7. The van der Waals surface area contributed by atoms with Gasteiger partial charge in [-0.3, -0.25) is 0 Å². The topological polar surface area (TPSA) is 0 Å². The molecular formula is C32H64. The van der Waals surface area contributed by atoms with Gasteiger partial charge in [0.25, 0.3) is 0 Å². The zero-order valence-electron chi connectivity index (χ0n) is 23.4. The molecule has 0 bridgehead atoms. The Morgan fingerprint density at radius 1 is 0.531 bits per heavy atom. The summed E-state index contributed by atoms with van der Waals surface area (Å²) in [7, 11) is 0. The highest BCUT2D eigenvalue weighted by molar-refractivity contribution is 4.77. The minimum Gasteiger partial charge on any atom is -0.0654 e. The standard InChI is InChI=1S/C32H64/c1-6-10-13-22-29(8-3)30(9-4)23-16-12-15-20-28(5)21-17-18-25-32-27-19-26-31(32)24-14-11-7-2/h28-32H,6-27H2,1-5H3. The van der Waals surface area contributed by atoms with Gasteiger partial charge < -0.3 is 0 Å². The van der Waals surface area contributed by atoms with E-state index < -0.39 is 0 Å². The largest absolute Gasteiger partial charge is 0.0654 e. The molecule has 5 atom stereocenters. The van der Waals surface area contributed by atoms with Gasteiger partial charge in [-0.15, -0.1) is 0 Å². The molecule has 0 heterocycles. The molecule has 0 nitrogen and oxygen atoms in total. The van der Waals surface area contributed by atoms with Crippen LogP contribution in [0.25, 0.3) is 0 Å². The van der Waals surface area contributed by atoms with E-state index in [4.69, 9.17) is 0 Å². The molecule has 5 unspecified atom stereocenters. The molecule has 0 spiro atoms. The Hall–Kier alpha value is 0. The Kier molecular flexibility index (Phi) is 19.1. The van der Waals surface area contributed by atoms with Crippen LogP contribution < -0.4 is 0 Å². The lowest BCUT2D eigenvalue weighted by atomic mass is 9.81. The fourth-order valence-corrected chi connectivity index (χ4v) is 6.85. The number of hydrogen-bond donors (Lipinski definition) is 0. The zero-order valence-corrected chi connectivity index (χ0v) is 23.4. The molecular weight excluding hydrogens is 384 g/mol. The number of hydrogen-bond acceptors (Lipinski definition) is 0. The van der Waals surface area contributed by atoms with Gasteiger partial charge in [-0.05, 0) is 29.6 Å². The predicted molar refractivity (Wildman–Crippen MR) is 147 cm³/mol. The molecule has 0 aromatic carbocycles. The van der Waals surface area contributed by atoms with Crippen molar-refractivity contribution in [3.8, 4) is 0 Å². The van der Waals surface area contributed by atoms with Crippen molar-refractivity contribution < 1.29 is 0 Å². The maximum atomic E-state index is 2.53. The quantitative estimate of drug-likeness (QED) is 0.144. The average molecular weight is 449 g/mol. The van der Waals surface area contributed by atoms with E-state index in [0.717, 1.165) is 29.6 Å². The highest BCUT2D eigenvalue weighted by Crippen LogP contribution is 2.38. The van der Waals surface area contributed by atoms with Gasteiger partial charge in [0.05, 0.1) is 0 Å². The minimum absolute atomic E-state index is 0.957. The zero-order chi connectivity index (χ0) is 23.4. The van der Waals surface area contributed by atoms with Crippen molar-refractivity contribution in [2.24, 2.45) is 29.6 Å². The molecule has 1 saturated carbocycles. The van der Waals surface area contributed by atoms with E-state index in [1.807, 2.05) is 0 Å². The molecule has 1 aliphatic carbocycles. The van der Waals surface area contributed by atoms with Crippen LogP contribution in [0, 0.1) is 29.6 Å². The molecule has 192 valence electrons. The molecule has 0 aliphatic heterocycles. The normalized spacial score (nSPS) is 21.7. The van der Waals surface area contributed by atoms with Crippen molar-refractivity contribution in [3.05, 3.63) is 0 Å². The van der Waals surface area contributed by atoms with Crippen molar-refractivity contribution in [3.63, 3.8) is 0 Å². The molecule has 0 amide bonds. The van der Waals surface area contributed by atoms with Crippen molar-refractivity contribution >= 4 is 0 Å². The average Bonchev–Trinajstić information content (AvgIpc) is 3.25. The summed E-state index contributed by atoms with van der Waals surface area (Å²) in [6.45, 7) is 12.1. The third-order valence-electron chi connectivity index (χ3n) is 9.18. The fraction of sp³-hybridized carbons (Fsp3) is 1.00. The molecule has 0 radical (unpaired) electrons. The maximum Gasteiger partial charge on any atom is -0.0386 e. The van der Waals surface area contributed by atoms with Gasteiger partial charge in [-0.25, -0.2) is 0 Å². The molecule has 0 N–H and O–H groups in total. The Morgan fingerprint density at radius 3 is 1.50 bits per heavy atom. The lowest BCUT2D eigenvalue weighted by Gasteiger charge is -2.25. The van der Waals surface area contributed by atoms with Crippen LogP contribution in [0.15, 0.2) is 0 Å². The molecule has 1 rings (SSSR count). The molecule has 0 heteroatoms. The first-order valence-corrected chi connectivity index (χ1v) is 15.7. The van der Waals surface area contributed by atoms with E-state index in [2.05, 4.69) is 34.6 Å². The van der Waals surface area contributed by atoms with Crippen LogP contribution >= 0.6 is 0 Å². The summed E-state index contributed by atoms with van der Waals surface area (Å²) in [6, 6.07) is 0. The fourth-order valence-electron chi connectivity index (χ4n) is 6.85. The van der Waals surface area contributed by atoms with Gasteiger partial charge in [-0.1, -0.05) is 176 Å². The van der Waals surface area contributed by atoms with Crippen molar-refractivity contribution in [1.82, 2.24) is 0 Å². The Balaban J connectivity index is 2.06. The van der Waals surface area contributed by atoms with E-state index >= 15 is 0 Å². The van der Waals surface area contributed by atoms with E-state index in [-0.39, 0.29) is 0 Å². The lowest BCUT2D eigenvalue weighted by molar-refractivity contribution is 0.262. The maximum absolute atomic E-state index is 2.53. The number of rotatable bonds is 22. The van der Waals surface area contributed by atoms with Crippen LogP contribution in [0.1, 0.15) is 176 Å². The van der Waals surface area contributed by atoms with Gasteiger partial charge in [0.1, 0.15) is 0 Å². The summed E-state index contributed by atoms with van der Waals surface area (Å²) < 4.78 is 0. The molecule has 1 fully saturated rings. The van der Waals surface area contributed by atoms with Crippen LogP contribution in [-0.2, 0) is 0 Å². The second kappa shape index (κ2) is 20.4. The summed E-state index contributed by atoms with van der Waals surface area (Å²) in [5.41, 5.74) is 0. The second-order valence-electron chi connectivity index (χ2n) is 11.8. The van der Waals surface area contributed by atoms with Gasteiger partial charge in [0, 0.05) is 0 Å². The predicted octanol–water partition coefficient (Wildman–Crippen LogP) is 11.8. The molecule has 0 saturated heterocycles. The summed E-state index contributed by atoms with van der Waals surface area (Å²) in [5, 5.41) is 0. The second-order valence-corrected chi connectivity index (χ2v) is 11.8. The van der Waals surface area contributed by atoms with Gasteiger partial charge in [0.2, 0.25) is 0 Å². The van der Waals surface area contributed by atoms with Gasteiger partial charge >= 0.3 is 0 Å². The highest BCUT2D eigenvalue weighted by Gasteiger charge is 2.26.